The molecule has 1 heterocycles. The Bertz CT molecular complexity index is 484. The van der Waals surface area contributed by atoms with Gasteiger partial charge in [0.2, 0.25) is 0 Å². The summed E-state index contributed by atoms with van der Waals surface area (Å²) in [6.45, 7) is 3.02. The molecule has 1 atom stereocenters. The maximum absolute atomic E-state index is 5.41. The number of aromatic amines is 1. The first kappa shape index (κ1) is 13.5. The molecular formula is C14H20N4O. The molecule has 1 unspecified atom stereocenters. The summed E-state index contributed by atoms with van der Waals surface area (Å²) in [6.07, 6.45) is 3.38. The van der Waals surface area contributed by atoms with Crippen molar-refractivity contribution in [1.82, 2.24) is 20.5 Å². The molecule has 0 radical (unpaired) electrons. The molecule has 1 aromatic heterocycles. The van der Waals surface area contributed by atoms with Gasteiger partial charge in [-0.25, -0.2) is 4.98 Å². The van der Waals surface area contributed by atoms with Crippen molar-refractivity contribution in [2.24, 2.45) is 0 Å². The van der Waals surface area contributed by atoms with Gasteiger partial charge in [-0.2, -0.15) is 5.10 Å². The average Bonchev–Trinajstić information content (AvgIpc) is 2.97. The first-order chi connectivity index (χ1) is 9.35. The minimum absolute atomic E-state index is 0.291. The first-order valence-electron chi connectivity index (χ1n) is 6.55. The van der Waals surface area contributed by atoms with Crippen LogP contribution in [0.5, 0.6) is 5.75 Å². The Labute approximate surface area is 113 Å². The Kier molecular flexibility index (Phi) is 4.92. The number of hydrogen-bond donors (Lipinski definition) is 2. The van der Waals surface area contributed by atoms with Gasteiger partial charge in [0, 0.05) is 24.6 Å². The number of benzene rings is 1. The fraction of sp³-hybridized carbons (Fsp3) is 0.429. The molecule has 0 saturated carbocycles. The van der Waals surface area contributed by atoms with Crippen LogP contribution in [0, 0.1) is 0 Å². The molecule has 0 spiro atoms. The Morgan fingerprint density at radius 3 is 2.89 bits per heavy atom. The number of para-hydroxylation sites is 1. The molecule has 102 valence electrons. The molecule has 2 aromatic rings. The predicted molar refractivity (Wildman–Crippen MR) is 74.1 cm³/mol. The molecule has 2 rings (SSSR count). The smallest absolute Gasteiger partial charge is 0.137 e. The summed E-state index contributed by atoms with van der Waals surface area (Å²) in [6, 6.07) is 8.42. The Morgan fingerprint density at radius 1 is 1.37 bits per heavy atom. The van der Waals surface area contributed by atoms with E-state index >= 15 is 0 Å². The van der Waals surface area contributed by atoms with E-state index in [1.807, 2.05) is 18.2 Å². The molecule has 2 N–H and O–H groups in total. The number of nitrogens with one attached hydrogen (secondary N) is 2. The lowest BCUT2D eigenvalue weighted by Crippen LogP contribution is -2.24. The van der Waals surface area contributed by atoms with Gasteiger partial charge in [0.05, 0.1) is 7.11 Å². The van der Waals surface area contributed by atoms with E-state index in [2.05, 4.69) is 33.5 Å². The third-order valence-electron chi connectivity index (χ3n) is 3.14. The van der Waals surface area contributed by atoms with Crippen LogP contribution in [0.4, 0.5) is 0 Å². The van der Waals surface area contributed by atoms with E-state index in [1.165, 1.54) is 11.9 Å². The molecule has 0 aliphatic rings. The first-order valence-corrected chi connectivity index (χ1v) is 6.55. The van der Waals surface area contributed by atoms with Crippen molar-refractivity contribution >= 4 is 0 Å². The van der Waals surface area contributed by atoms with Crippen LogP contribution >= 0.6 is 0 Å². The lowest BCUT2D eigenvalue weighted by Gasteiger charge is -2.19. The molecule has 0 bridgehead atoms. The van der Waals surface area contributed by atoms with E-state index in [4.69, 9.17) is 4.74 Å². The van der Waals surface area contributed by atoms with E-state index in [-0.39, 0.29) is 0 Å². The van der Waals surface area contributed by atoms with Crippen molar-refractivity contribution in [3.8, 4) is 5.75 Å². The Balaban J connectivity index is 1.95. The Hall–Kier alpha value is -1.88. The van der Waals surface area contributed by atoms with Gasteiger partial charge in [0.15, 0.2) is 0 Å². The van der Waals surface area contributed by atoms with Crippen molar-refractivity contribution in [2.45, 2.75) is 25.8 Å². The van der Waals surface area contributed by atoms with Gasteiger partial charge in [-0.1, -0.05) is 25.1 Å². The molecule has 0 aliphatic heterocycles. The standard InChI is InChI=1S/C14H20N4O/c1-3-12(11-6-4-5-7-13(11)19-2)15-9-8-14-16-10-17-18-14/h4-7,10,12,15H,3,8-9H2,1-2H3,(H,16,17,18). The number of hydrogen-bond acceptors (Lipinski definition) is 4. The highest BCUT2D eigenvalue weighted by Crippen LogP contribution is 2.26. The summed E-state index contributed by atoms with van der Waals surface area (Å²) >= 11 is 0. The van der Waals surface area contributed by atoms with E-state index in [9.17, 15) is 0 Å². The van der Waals surface area contributed by atoms with Crippen LogP contribution in [0.2, 0.25) is 0 Å². The van der Waals surface area contributed by atoms with E-state index in [0.717, 1.165) is 31.0 Å². The maximum Gasteiger partial charge on any atom is 0.137 e. The van der Waals surface area contributed by atoms with Crippen molar-refractivity contribution in [3.63, 3.8) is 0 Å². The quantitative estimate of drug-likeness (QED) is 0.800. The molecular weight excluding hydrogens is 240 g/mol. The fourth-order valence-corrected chi connectivity index (χ4v) is 2.14. The third-order valence-corrected chi connectivity index (χ3v) is 3.14. The summed E-state index contributed by atoms with van der Waals surface area (Å²) in [4.78, 5) is 4.11. The van der Waals surface area contributed by atoms with Crippen LogP contribution < -0.4 is 10.1 Å². The molecule has 0 saturated heterocycles. The lowest BCUT2D eigenvalue weighted by atomic mass is 10.0. The largest absolute Gasteiger partial charge is 0.496 e. The van der Waals surface area contributed by atoms with Crippen molar-refractivity contribution in [3.05, 3.63) is 42.0 Å². The topological polar surface area (TPSA) is 62.8 Å². The molecule has 0 aliphatic carbocycles. The number of nitrogens with zero attached hydrogens (tertiary/aromatic N) is 2. The highest BCUT2D eigenvalue weighted by Gasteiger charge is 2.13. The number of ether oxygens (including phenoxy) is 1. The third kappa shape index (κ3) is 3.54. The zero-order chi connectivity index (χ0) is 13.5. The second kappa shape index (κ2) is 6.89. The second-order valence-electron chi connectivity index (χ2n) is 4.34. The van der Waals surface area contributed by atoms with E-state index in [0.29, 0.717) is 6.04 Å². The molecule has 5 nitrogen and oxygen atoms in total. The molecule has 19 heavy (non-hydrogen) atoms. The number of rotatable bonds is 7. The highest BCUT2D eigenvalue weighted by molar-refractivity contribution is 5.35. The van der Waals surface area contributed by atoms with Gasteiger partial charge in [-0.15, -0.1) is 0 Å². The summed E-state index contributed by atoms with van der Waals surface area (Å²) in [7, 11) is 1.71. The van der Waals surface area contributed by atoms with E-state index in [1.54, 1.807) is 7.11 Å². The van der Waals surface area contributed by atoms with Gasteiger partial charge in [0.1, 0.15) is 17.9 Å². The van der Waals surface area contributed by atoms with Gasteiger partial charge in [-0.05, 0) is 12.5 Å². The highest BCUT2D eigenvalue weighted by atomic mass is 16.5. The number of aromatic nitrogens is 3. The number of methoxy groups -OCH3 is 1. The Morgan fingerprint density at radius 2 is 2.21 bits per heavy atom. The van der Waals surface area contributed by atoms with E-state index < -0.39 is 0 Å². The maximum atomic E-state index is 5.41. The number of H-pyrrole nitrogens is 1. The molecule has 1 aromatic carbocycles. The summed E-state index contributed by atoms with van der Waals surface area (Å²) in [5.41, 5.74) is 1.20. The normalized spacial score (nSPS) is 12.3. The summed E-state index contributed by atoms with van der Waals surface area (Å²) in [5.74, 6) is 1.84. The van der Waals surface area contributed by atoms with Gasteiger partial charge in [-0.3, -0.25) is 5.10 Å². The van der Waals surface area contributed by atoms with Gasteiger partial charge < -0.3 is 10.1 Å². The van der Waals surface area contributed by atoms with Crippen molar-refractivity contribution in [2.75, 3.05) is 13.7 Å². The molecule has 5 heteroatoms. The van der Waals surface area contributed by atoms with Crippen molar-refractivity contribution < 1.29 is 4.74 Å². The summed E-state index contributed by atoms with van der Waals surface area (Å²) in [5, 5.41) is 10.2. The SMILES string of the molecule is CCC(NCCc1ncn[nH]1)c1ccccc1OC. The van der Waals surface area contributed by atoms with Crippen LogP contribution in [0.15, 0.2) is 30.6 Å². The van der Waals surface area contributed by atoms with Crippen LogP contribution in [0.3, 0.4) is 0 Å². The van der Waals surface area contributed by atoms with Crippen molar-refractivity contribution in [1.29, 1.82) is 0 Å². The van der Waals surface area contributed by atoms with Crippen LogP contribution in [-0.2, 0) is 6.42 Å². The zero-order valence-corrected chi connectivity index (χ0v) is 11.4. The van der Waals surface area contributed by atoms with Crippen LogP contribution in [0.1, 0.15) is 30.8 Å². The average molecular weight is 260 g/mol. The van der Waals surface area contributed by atoms with Gasteiger partial charge in [0.25, 0.3) is 0 Å². The van der Waals surface area contributed by atoms with Crippen LogP contribution in [0.25, 0.3) is 0 Å². The minimum Gasteiger partial charge on any atom is -0.496 e. The zero-order valence-electron chi connectivity index (χ0n) is 11.4. The second-order valence-corrected chi connectivity index (χ2v) is 4.34. The lowest BCUT2D eigenvalue weighted by molar-refractivity contribution is 0.397. The van der Waals surface area contributed by atoms with Gasteiger partial charge >= 0.3 is 0 Å². The molecule has 0 amide bonds. The summed E-state index contributed by atoms with van der Waals surface area (Å²) < 4.78 is 5.41. The predicted octanol–water partition coefficient (Wildman–Crippen LogP) is 2.10. The monoisotopic (exact) mass is 260 g/mol. The molecule has 0 fully saturated rings. The minimum atomic E-state index is 0.291. The van der Waals surface area contributed by atoms with Crippen LogP contribution in [-0.4, -0.2) is 28.8 Å². The fourth-order valence-electron chi connectivity index (χ4n) is 2.14.